The maximum absolute atomic E-state index is 13.1. The summed E-state index contributed by atoms with van der Waals surface area (Å²) in [6, 6.07) is 11.8. The van der Waals surface area contributed by atoms with Crippen LogP contribution in [0.5, 0.6) is 0 Å². The lowest BCUT2D eigenvalue weighted by molar-refractivity contribution is -0.120. The van der Waals surface area contributed by atoms with Gasteiger partial charge in [0.25, 0.3) is 0 Å². The molecule has 2 aromatic rings. The zero-order valence-electron chi connectivity index (χ0n) is 17.5. The summed E-state index contributed by atoms with van der Waals surface area (Å²) in [4.78, 5) is 17.1. The predicted octanol–water partition coefficient (Wildman–Crippen LogP) is 3.13. The summed E-state index contributed by atoms with van der Waals surface area (Å²) in [5, 5.41) is 18.0. The van der Waals surface area contributed by atoms with Crippen LogP contribution in [-0.4, -0.2) is 51.8 Å². The molecule has 0 bridgehead atoms. The Kier molecular flexibility index (Phi) is 6.75. The van der Waals surface area contributed by atoms with Crippen molar-refractivity contribution in [3.63, 3.8) is 0 Å². The van der Waals surface area contributed by atoms with Crippen LogP contribution in [0.15, 0.2) is 30.3 Å². The topological polar surface area (TPSA) is 78.1 Å². The van der Waals surface area contributed by atoms with Gasteiger partial charge in [-0.1, -0.05) is 24.6 Å². The van der Waals surface area contributed by atoms with Crippen LogP contribution in [-0.2, 0) is 17.8 Å². The summed E-state index contributed by atoms with van der Waals surface area (Å²) in [7, 11) is 0. The van der Waals surface area contributed by atoms with Gasteiger partial charge in [0.05, 0.1) is 19.0 Å². The Bertz CT molecular complexity index is 887. The first-order valence-electron chi connectivity index (χ1n) is 11.1. The standard InChI is InChI=1S/C23H30N6O/c24-13-8-16-28(20-10-3-1-4-11-20)22(30)18-27-14-7-9-19(17-27)23-26-25-21-12-5-2-6-15-29(21)23/h1,3-4,10-11,19H,2,5-9,12,14-18H2/t19-/m0/s1. The summed E-state index contributed by atoms with van der Waals surface area (Å²) in [5.41, 5.74) is 0.856. The number of nitrogens with zero attached hydrogens (tertiary/aromatic N) is 6. The number of fused-ring (bicyclic) bond motifs is 1. The number of carbonyl (C=O) groups excluding carboxylic acids is 1. The van der Waals surface area contributed by atoms with Gasteiger partial charge in [0.1, 0.15) is 11.6 Å². The van der Waals surface area contributed by atoms with Gasteiger partial charge in [0, 0.05) is 37.7 Å². The van der Waals surface area contributed by atoms with Crippen LogP contribution >= 0.6 is 0 Å². The summed E-state index contributed by atoms with van der Waals surface area (Å²) in [6.45, 7) is 3.57. The van der Waals surface area contributed by atoms with Crippen LogP contribution in [0.4, 0.5) is 5.69 Å². The summed E-state index contributed by atoms with van der Waals surface area (Å²) < 4.78 is 2.34. The molecule has 0 saturated carbocycles. The highest BCUT2D eigenvalue weighted by Crippen LogP contribution is 2.28. The number of amides is 1. The van der Waals surface area contributed by atoms with Crippen molar-refractivity contribution in [1.82, 2.24) is 19.7 Å². The molecule has 0 spiro atoms. The molecule has 7 heteroatoms. The van der Waals surface area contributed by atoms with E-state index in [1.807, 2.05) is 30.3 Å². The fourth-order valence-electron chi connectivity index (χ4n) is 4.66. The van der Waals surface area contributed by atoms with E-state index >= 15 is 0 Å². The van der Waals surface area contributed by atoms with Crippen molar-refractivity contribution >= 4 is 11.6 Å². The van der Waals surface area contributed by atoms with E-state index in [2.05, 4.69) is 25.7 Å². The number of benzene rings is 1. The number of piperidine rings is 1. The molecular weight excluding hydrogens is 376 g/mol. The number of para-hydroxylation sites is 1. The fraction of sp³-hybridized carbons (Fsp3) is 0.565. The predicted molar refractivity (Wildman–Crippen MR) is 115 cm³/mol. The van der Waals surface area contributed by atoms with Crippen molar-refractivity contribution in [1.29, 1.82) is 5.26 Å². The number of likely N-dealkylation sites (tertiary alicyclic amines) is 1. The second-order valence-corrected chi connectivity index (χ2v) is 8.30. The maximum atomic E-state index is 13.1. The molecule has 2 aliphatic heterocycles. The number of nitriles is 1. The summed E-state index contributed by atoms with van der Waals surface area (Å²) in [6.07, 6.45) is 7.15. The molecule has 1 fully saturated rings. The molecule has 3 heterocycles. The minimum absolute atomic E-state index is 0.0529. The Labute approximate surface area is 178 Å². The van der Waals surface area contributed by atoms with Crippen LogP contribution in [0.1, 0.15) is 56.1 Å². The number of hydrogen-bond donors (Lipinski definition) is 0. The van der Waals surface area contributed by atoms with Crippen LogP contribution < -0.4 is 4.90 Å². The molecule has 0 radical (unpaired) electrons. The molecule has 0 aliphatic carbocycles. The summed E-state index contributed by atoms with van der Waals surface area (Å²) in [5.74, 6) is 2.61. The van der Waals surface area contributed by atoms with Crippen molar-refractivity contribution < 1.29 is 4.79 Å². The molecule has 7 nitrogen and oxygen atoms in total. The Morgan fingerprint density at radius 2 is 2.00 bits per heavy atom. The normalized spacial score (nSPS) is 19.5. The first kappa shape index (κ1) is 20.5. The van der Waals surface area contributed by atoms with E-state index in [-0.39, 0.29) is 5.91 Å². The van der Waals surface area contributed by atoms with E-state index < -0.39 is 0 Å². The van der Waals surface area contributed by atoms with Gasteiger partial charge < -0.3 is 9.47 Å². The Morgan fingerprint density at radius 1 is 1.13 bits per heavy atom. The van der Waals surface area contributed by atoms with Gasteiger partial charge in [-0.2, -0.15) is 5.26 Å². The van der Waals surface area contributed by atoms with Crippen LogP contribution in [0.25, 0.3) is 0 Å². The molecule has 1 amide bonds. The zero-order valence-corrected chi connectivity index (χ0v) is 17.5. The van der Waals surface area contributed by atoms with Gasteiger partial charge in [-0.05, 0) is 44.4 Å². The quantitative estimate of drug-likeness (QED) is 0.736. The number of aromatic nitrogens is 3. The molecule has 0 unspecified atom stereocenters. The lowest BCUT2D eigenvalue weighted by Gasteiger charge is -2.33. The Morgan fingerprint density at radius 3 is 2.83 bits per heavy atom. The fourth-order valence-corrected chi connectivity index (χ4v) is 4.66. The maximum Gasteiger partial charge on any atom is 0.241 e. The lowest BCUT2D eigenvalue weighted by Crippen LogP contribution is -2.44. The third kappa shape index (κ3) is 4.71. The average molecular weight is 407 g/mol. The number of hydrogen-bond acceptors (Lipinski definition) is 5. The first-order valence-corrected chi connectivity index (χ1v) is 11.1. The Balaban J connectivity index is 1.44. The number of rotatable bonds is 6. The van der Waals surface area contributed by atoms with Crippen molar-refractivity contribution in [3.8, 4) is 6.07 Å². The second-order valence-electron chi connectivity index (χ2n) is 8.30. The Hall–Kier alpha value is -2.72. The molecule has 1 atom stereocenters. The molecule has 4 rings (SSSR count). The average Bonchev–Trinajstić information content (AvgIpc) is 3.03. The van der Waals surface area contributed by atoms with Gasteiger partial charge in [0.15, 0.2) is 0 Å². The van der Waals surface area contributed by atoms with E-state index in [1.54, 1.807) is 4.90 Å². The molecule has 2 aliphatic rings. The zero-order chi connectivity index (χ0) is 20.8. The molecule has 1 aromatic heterocycles. The van der Waals surface area contributed by atoms with E-state index in [0.717, 1.165) is 56.2 Å². The molecular formula is C23H30N6O. The van der Waals surface area contributed by atoms with E-state index in [1.165, 1.54) is 19.3 Å². The van der Waals surface area contributed by atoms with Crippen molar-refractivity contribution in [2.45, 2.75) is 57.4 Å². The molecule has 1 saturated heterocycles. The molecule has 0 N–H and O–H groups in total. The number of carbonyl (C=O) groups is 1. The first-order chi connectivity index (χ1) is 14.8. The molecule has 158 valence electrons. The SMILES string of the molecule is N#CCCN(C(=O)CN1CCC[C@H](c2nnc3n2CCCCC3)C1)c1ccccc1. The molecule has 1 aromatic carbocycles. The highest BCUT2D eigenvalue weighted by molar-refractivity contribution is 5.94. The van der Waals surface area contributed by atoms with Gasteiger partial charge >= 0.3 is 0 Å². The van der Waals surface area contributed by atoms with Crippen LogP contribution in [0, 0.1) is 11.3 Å². The largest absolute Gasteiger partial charge is 0.315 e. The van der Waals surface area contributed by atoms with Gasteiger partial charge in [-0.25, -0.2) is 0 Å². The molecule has 30 heavy (non-hydrogen) atoms. The van der Waals surface area contributed by atoms with E-state index in [0.29, 0.717) is 25.4 Å². The second kappa shape index (κ2) is 9.86. The highest BCUT2D eigenvalue weighted by atomic mass is 16.2. The minimum atomic E-state index is 0.0529. The van der Waals surface area contributed by atoms with Gasteiger partial charge in [0.2, 0.25) is 5.91 Å². The van der Waals surface area contributed by atoms with Crippen molar-refractivity contribution in [2.24, 2.45) is 0 Å². The van der Waals surface area contributed by atoms with E-state index in [4.69, 9.17) is 5.26 Å². The van der Waals surface area contributed by atoms with E-state index in [9.17, 15) is 4.79 Å². The van der Waals surface area contributed by atoms with Crippen molar-refractivity contribution in [3.05, 3.63) is 42.0 Å². The summed E-state index contributed by atoms with van der Waals surface area (Å²) >= 11 is 0. The minimum Gasteiger partial charge on any atom is -0.315 e. The monoisotopic (exact) mass is 406 g/mol. The van der Waals surface area contributed by atoms with Crippen LogP contribution in [0.2, 0.25) is 0 Å². The third-order valence-corrected chi connectivity index (χ3v) is 6.18. The lowest BCUT2D eigenvalue weighted by atomic mass is 9.97. The third-order valence-electron chi connectivity index (χ3n) is 6.18. The smallest absolute Gasteiger partial charge is 0.241 e. The van der Waals surface area contributed by atoms with Gasteiger partial charge in [-0.15, -0.1) is 10.2 Å². The van der Waals surface area contributed by atoms with Crippen molar-refractivity contribution in [2.75, 3.05) is 31.1 Å². The number of anilines is 1. The number of aryl methyl sites for hydroxylation is 1. The highest BCUT2D eigenvalue weighted by Gasteiger charge is 2.29. The van der Waals surface area contributed by atoms with Gasteiger partial charge in [-0.3, -0.25) is 9.69 Å². The van der Waals surface area contributed by atoms with Crippen LogP contribution in [0.3, 0.4) is 0 Å².